The third-order valence-corrected chi connectivity index (χ3v) is 3.77. The first-order valence-electron chi connectivity index (χ1n) is 4.96. The van der Waals surface area contributed by atoms with Gasteiger partial charge in [0.15, 0.2) is 0 Å². The molecule has 0 aliphatic carbocycles. The molecule has 1 atom stereocenters. The van der Waals surface area contributed by atoms with E-state index in [1.807, 2.05) is 0 Å². The van der Waals surface area contributed by atoms with E-state index in [2.05, 4.69) is 22.6 Å². The molecule has 0 aromatic heterocycles. The number of aromatic carboxylic acids is 1. The molecule has 90 valence electrons. The minimum atomic E-state index is -1.00. The molecule has 0 spiro atoms. The van der Waals surface area contributed by atoms with Crippen LogP contribution in [0.2, 0.25) is 0 Å². The Hall–Kier alpha value is -0.820. The van der Waals surface area contributed by atoms with Gasteiger partial charge in [-0.05, 0) is 40.8 Å². The van der Waals surface area contributed by atoms with Crippen molar-refractivity contribution in [1.82, 2.24) is 0 Å². The first-order valence-corrected chi connectivity index (χ1v) is 6.48. The van der Waals surface area contributed by atoms with Crippen molar-refractivity contribution < 1.29 is 14.7 Å². The Bertz CT molecular complexity index is 492. The third-order valence-electron chi connectivity index (χ3n) is 2.56. The molecular formula is C11H9ClINO3. The average molecular weight is 366 g/mol. The molecule has 1 unspecified atom stereocenters. The van der Waals surface area contributed by atoms with Crippen LogP contribution in [0.15, 0.2) is 18.2 Å². The van der Waals surface area contributed by atoms with Gasteiger partial charge in [-0.3, -0.25) is 4.79 Å². The van der Waals surface area contributed by atoms with Crippen molar-refractivity contribution in [2.75, 3.05) is 11.4 Å². The highest BCUT2D eigenvalue weighted by molar-refractivity contribution is 14.1. The zero-order valence-corrected chi connectivity index (χ0v) is 11.6. The van der Waals surface area contributed by atoms with Crippen molar-refractivity contribution in [3.8, 4) is 0 Å². The molecule has 1 heterocycles. The van der Waals surface area contributed by atoms with Crippen LogP contribution in [-0.4, -0.2) is 28.9 Å². The van der Waals surface area contributed by atoms with Crippen LogP contribution in [0.5, 0.6) is 0 Å². The molecule has 1 aliphatic rings. The minimum absolute atomic E-state index is 0.0644. The summed E-state index contributed by atoms with van der Waals surface area (Å²) in [5, 5.41) is 8.73. The molecule has 1 N–H and O–H groups in total. The molecule has 1 saturated heterocycles. The molecule has 1 aromatic carbocycles. The lowest BCUT2D eigenvalue weighted by atomic mass is 10.2. The Morgan fingerprint density at radius 1 is 1.53 bits per heavy atom. The lowest BCUT2D eigenvalue weighted by Crippen LogP contribution is -2.25. The van der Waals surface area contributed by atoms with E-state index in [1.165, 1.54) is 12.1 Å². The standard InChI is InChI=1S/C11H9ClINO3/c12-7-4-10(15)14(5-7)9-3-6(11(16)17)1-2-8(9)13/h1-3,7H,4-5H2,(H,16,17). The van der Waals surface area contributed by atoms with Crippen LogP contribution >= 0.6 is 34.2 Å². The molecule has 0 radical (unpaired) electrons. The monoisotopic (exact) mass is 365 g/mol. The number of nitrogens with zero attached hydrogens (tertiary/aromatic N) is 1. The molecule has 6 heteroatoms. The van der Waals surface area contributed by atoms with Crippen molar-refractivity contribution >= 4 is 51.8 Å². The molecule has 4 nitrogen and oxygen atoms in total. The second-order valence-electron chi connectivity index (χ2n) is 3.78. The maximum Gasteiger partial charge on any atom is 0.335 e. The number of amides is 1. The van der Waals surface area contributed by atoms with Gasteiger partial charge in [-0.15, -0.1) is 11.6 Å². The highest BCUT2D eigenvalue weighted by atomic mass is 127. The van der Waals surface area contributed by atoms with Crippen molar-refractivity contribution in [3.63, 3.8) is 0 Å². The molecule has 1 fully saturated rings. The van der Waals surface area contributed by atoms with E-state index in [0.717, 1.165) is 3.57 Å². The number of carboxylic acid groups (broad SMARTS) is 1. The van der Waals surface area contributed by atoms with E-state index in [9.17, 15) is 9.59 Å². The van der Waals surface area contributed by atoms with Gasteiger partial charge in [-0.2, -0.15) is 0 Å². The van der Waals surface area contributed by atoms with E-state index in [4.69, 9.17) is 16.7 Å². The van der Waals surface area contributed by atoms with Gasteiger partial charge >= 0.3 is 5.97 Å². The van der Waals surface area contributed by atoms with Crippen molar-refractivity contribution in [3.05, 3.63) is 27.3 Å². The zero-order valence-electron chi connectivity index (χ0n) is 8.69. The maximum atomic E-state index is 11.7. The van der Waals surface area contributed by atoms with Crippen LogP contribution in [0.25, 0.3) is 0 Å². The Kier molecular flexibility index (Phi) is 3.58. The largest absolute Gasteiger partial charge is 0.478 e. The summed E-state index contributed by atoms with van der Waals surface area (Å²) >= 11 is 8.00. The Labute approximate surface area is 117 Å². The lowest BCUT2D eigenvalue weighted by molar-refractivity contribution is -0.117. The number of halogens is 2. The van der Waals surface area contributed by atoms with Crippen molar-refractivity contribution in [2.24, 2.45) is 0 Å². The molecule has 1 aliphatic heterocycles. The number of rotatable bonds is 2. The van der Waals surface area contributed by atoms with Crippen LogP contribution in [0.1, 0.15) is 16.8 Å². The second-order valence-corrected chi connectivity index (χ2v) is 5.56. The molecule has 1 amide bonds. The first-order chi connectivity index (χ1) is 7.99. The Morgan fingerprint density at radius 3 is 2.76 bits per heavy atom. The van der Waals surface area contributed by atoms with Gasteiger partial charge in [-0.1, -0.05) is 0 Å². The van der Waals surface area contributed by atoms with Gasteiger partial charge in [0, 0.05) is 16.5 Å². The summed E-state index contributed by atoms with van der Waals surface area (Å²) < 4.78 is 0.840. The number of benzene rings is 1. The summed E-state index contributed by atoms with van der Waals surface area (Å²) in [6.45, 7) is 0.430. The van der Waals surface area contributed by atoms with Gasteiger partial charge in [0.2, 0.25) is 5.91 Å². The number of anilines is 1. The van der Waals surface area contributed by atoms with Crippen molar-refractivity contribution in [2.45, 2.75) is 11.8 Å². The molecule has 2 rings (SSSR count). The van der Waals surface area contributed by atoms with Gasteiger partial charge in [0.25, 0.3) is 0 Å². The Balaban J connectivity index is 2.41. The van der Waals surface area contributed by atoms with Crippen LogP contribution in [0.3, 0.4) is 0 Å². The second kappa shape index (κ2) is 4.81. The fourth-order valence-corrected chi connectivity index (χ4v) is 2.65. The summed E-state index contributed by atoms with van der Waals surface area (Å²) in [5.41, 5.74) is 0.796. The minimum Gasteiger partial charge on any atom is -0.478 e. The fourth-order valence-electron chi connectivity index (χ4n) is 1.75. The van der Waals surface area contributed by atoms with Crippen LogP contribution in [0, 0.1) is 3.57 Å². The average Bonchev–Trinajstić information content (AvgIpc) is 2.58. The molecular weight excluding hydrogens is 356 g/mol. The smallest absolute Gasteiger partial charge is 0.335 e. The predicted molar refractivity (Wildman–Crippen MR) is 72.7 cm³/mol. The van der Waals surface area contributed by atoms with E-state index in [-0.39, 0.29) is 16.8 Å². The van der Waals surface area contributed by atoms with Crippen molar-refractivity contribution in [1.29, 1.82) is 0 Å². The number of carboxylic acids is 1. The highest BCUT2D eigenvalue weighted by Gasteiger charge is 2.30. The highest BCUT2D eigenvalue weighted by Crippen LogP contribution is 2.29. The number of alkyl halides is 1. The maximum absolute atomic E-state index is 11.7. The molecule has 17 heavy (non-hydrogen) atoms. The Morgan fingerprint density at radius 2 is 2.24 bits per heavy atom. The topological polar surface area (TPSA) is 57.6 Å². The first kappa shape index (κ1) is 12.6. The van der Waals surface area contributed by atoms with E-state index >= 15 is 0 Å². The summed E-state index contributed by atoms with van der Waals surface area (Å²) in [6, 6.07) is 4.72. The number of carbonyl (C=O) groups excluding carboxylic acids is 1. The fraction of sp³-hybridized carbons (Fsp3) is 0.273. The third kappa shape index (κ3) is 2.55. The SMILES string of the molecule is O=C(O)c1ccc(I)c(N2CC(Cl)CC2=O)c1. The van der Waals surface area contributed by atoms with Gasteiger partial charge in [0.1, 0.15) is 0 Å². The molecule has 0 saturated carbocycles. The molecule has 1 aromatic rings. The summed E-state index contributed by atoms with van der Waals surface area (Å²) in [7, 11) is 0. The predicted octanol–water partition coefficient (Wildman–Crippen LogP) is 2.33. The normalized spacial score (nSPS) is 19.8. The van der Waals surface area contributed by atoms with Crippen LogP contribution < -0.4 is 4.90 Å². The number of hydrogen-bond acceptors (Lipinski definition) is 2. The van der Waals surface area contributed by atoms with Crippen LogP contribution in [0.4, 0.5) is 5.69 Å². The van der Waals surface area contributed by atoms with E-state index in [0.29, 0.717) is 18.7 Å². The van der Waals surface area contributed by atoms with Gasteiger partial charge in [-0.25, -0.2) is 4.79 Å². The van der Waals surface area contributed by atoms with Gasteiger partial charge in [0.05, 0.1) is 16.6 Å². The summed E-state index contributed by atoms with van der Waals surface area (Å²) in [5.74, 6) is -1.07. The zero-order chi connectivity index (χ0) is 12.6. The molecule has 0 bridgehead atoms. The lowest BCUT2D eigenvalue weighted by Gasteiger charge is -2.18. The number of carbonyl (C=O) groups is 2. The van der Waals surface area contributed by atoms with Crippen LogP contribution in [-0.2, 0) is 4.79 Å². The summed E-state index contributed by atoms with van der Waals surface area (Å²) in [4.78, 5) is 24.1. The number of hydrogen-bond donors (Lipinski definition) is 1. The van der Waals surface area contributed by atoms with E-state index < -0.39 is 5.97 Å². The van der Waals surface area contributed by atoms with Gasteiger partial charge < -0.3 is 10.0 Å². The quantitative estimate of drug-likeness (QED) is 0.646. The summed E-state index contributed by atoms with van der Waals surface area (Å²) in [6.07, 6.45) is 0.301. The van der Waals surface area contributed by atoms with E-state index in [1.54, 1.807) is 11.0 Å².